The molecule has 0 bridgehead atoms. The predicted molar refractivity (Wildman–Crippen MR) is 106 cm³/mol. The molecule has 1 N–H and O–H groups in total. The van der Waals surface area contributed by atoms with Crippen molar-refractivity contribution in [1.82, 2.24) is 15.2 Å². The summed E-state index contributed by atoms with van der Waals surface area (Å²) in [6.45, 7) is -0.0352. The van der Waals surface area contributed by atoms with Gasteiger partial charge in [0.1, 0.15) is 0 Å². The molecule has 0 saturated heterocycles. The summed E-state index contributed by atoms with van der Waals surface area (Å²) < 4.78 is 10.8. The van der Waals surface area contributed by atoms with Crippen molar-refractivity contribution in [3.8, 4) is 11.5 Å². The number of ether oxygens (including phenoxy) is 1. The number of aromatic nitrogens is 3. The molecule has 0 aliphatic carbocycles. The van der Waals surface area contributed by atoms with Gasteiger partial charge >= 0.3 is 5.97 Å². The molecular weight excluding hydrogens is 378 g/mol. The molecule has 28 heavy (non-hydrogen) atoms. The standard InChI is InChI=1S/C21H18ClN3O3/c22-16-10-8-14(9-11-16)21-25-24-19(28-21)13-27-20(26)7-3-4-15-12-23-18-6-2-1-5-17(15)18/h1-2,5-6,8-12,23H,3-4,7,13H2. The van der Waals surface area contributed by atoms with E-state index >= 15 is 0 Å². The number of aryl methyl sites for hydroxylation is 1. The van der Waals surface area contributed by atoms with Crippen LogP contribution < -0.4 is 0 Å². The molecule has 0 radical (unpaired) electrons. The molecule has 0 saturated carbocycles. The first kappa shape index (κ1) is 18.3. The van der Waals surface area contributed by atoms with E-state index in [0.29, 0.717) is 23.8 Å². The third-order valence-electron chi connectivity index (χ3n) is 4.42. The second kappa shape index (κ2) is 8.27. The summed E-state index contributed by atoms with van der Waals surface area (Å²) in [4.78, 5) is 15.2. The number of rotatable bonds is 7. The molecule has 6 nitrogen and oxygen atoms in total. The number of hydrogen-bond donors (Lipinski definition) is 1. The third kappa shape index (κ3) is 4.23. The summed E-state index contributed by atoms with van der Waals surface area (Å²) in [5.41, 5.74) is 3.06. The number of halogens is 1. The lowest BCUT2D eigenvalue weighted by Crippen LogP contribution is -2.05. The van der Waals surface area contributed by atoms with Crippen LogP contribution in [-0.2, 0) is 22.6 Å². The predicted octanol–water partition coefficient (Wildman–Crippen LogP) is 4.94. The van der Waals surface area contributed by atoms with Gasteiger partial charge in [0.05, 0.1) is 0 Å². The molecule has 0 amide bonds. The maximum atomic E-state index is 12.0. The number of esters is 1. The van der Waals surface area contributed by atoms with Crippen LogP contribution in [0.5, 0.6) is 0 Å². The number of nitrogens with one attached hydrogen (secondary N) is 1. The summed E-state index contributed by atoms with van der Waals surface area (Å²) in [5, 5.41) is 9.70. The summed E-state index contributed by atoms with van der Waals surface area (Å²) in [6.07, 6.45) is 3.84. The Hall–Kier alpha value is -3.12. The SMILES string of the molecule is O=C(CCCc1c[nH]c2ccccc12)OCc1nnc(-c2ccc(Cl)cc2)o1. The Labute approximate surface area is 166 Å². The lowest BCUT2D eigenvalue weighted by molar-refractivity contribution is -0.145. The number of fused-ring (bicyclic) bond motifs is 1. The fourth-order valence-electron chi connectivity index (χ4n) is 3.00. The zero-order chi connectivity index (χ0) is 19.3. The van der Waals surface area contributed by atoms with E-state index < -0.39 is 0 Å². The van der Waals surface area contributed by atoms with Crippen molar-refractivity contribution in [1.29, 1.82) is 0 Å². The van der Waals surface area contributed by atoms with Gasteiger partial charge in [-0.15, -0.1) is 10.2 Å². The number of hydrogen-bond acceptors (Lipinski definition) is 5. The fraction of sp³-hybridized carbons (Fsp3) is 0.190. The molecule has 0 unspecified atom stereocenters. The number of carbonyl (C=O) groups excluding carboxylic acids is 1. The van der Waals surface area contributed by atoms with Crippen molar-refractivity contribution >= 4 is 28.5 Å². The summed E-state index contributed by atoms with van der Waals surface area (Å²) >= 11 is 5.87. The molecule has 2 heterocycles. The van der Waals surface area contributed by atoms with Crippen molar-refractivity contribution in [2.45, 2.75) is 25.9 Å². The van der Waals surface area contributed by atoms with E-state index in [1.807, 2.05) is 24.4 Å². The van der Waals surface area contributed by atoms with Crippen LogP contribution in [0.2, 0.25) is 5.02 Å². The van der Waals surface area contributed by atoms with E-state index in [4.69, 9.17) is 20.8 Å². The molecule has 7 heteroatoms. The van der Waals surface area contributed by atoms with Gasteiger partial charge in [-0.3, -0.25) is 4.79 Å². The van der Waals surface area contributed by atoms with E-state index in [-0.39, 0.29) is 18.5 Å². The highest BCUT2D eigenvalue weighted by atomic mass is 35.5. The van der Waals surface area contributed by atoms with Crippen LogP contribution in [0.15, 0.2) is 59.1 Å². The van der Waals surface area contributed by atoms with Gasteiger partial charge in [-0.05, 0) is 48.7 Å². The molecule has 0 atom stereocenters. The largest absolute Gasteiger partial charge is 0.456 e. The van der Waals surface area contributed by atoms with E-state index in [1.165, 1.54) is 10.9 Å². The average Bonchev–Trinajstić information content (AvgIpc) is 3.35. The minimum absolute atomic E-state index is 0.0352. The minimum atomic E-state index is -0.286. The van der Waals surface area contributed by atoms with E-state index in [9.17, 15) is 4.79 Å². The van der Waals surface area contributed by atoms with Crippen molar-refractivity contribution < 1.29 is 13.9 Å². The maximum absolute atomic E-state index is 12.0. The number of nitrogens with zero attached hydrogens (tertiary/aromatic N) is 2. The highest BCUT2D eigenvalue weighted by Gasteiger charge is 2.11. The summed E-state index contributed by atoms with van der Waals surface area (Å²) in [7, 11) is 0. The topological polar surface area (TPSA) is 81.0 Å². The Kier molecular flexibility index (Phi) is 5.39. The second-order valence-corrected chi connectivity index (χ2v) is 6.82. The Balaban J connectivity index is 1.25. The van der Waals surface area contributed by atoms with Crippen LogP contribution in [-0.4, -0.2) is 21.2 Å². The molecule has 2 aromatic heterocycles. The fourth-order valence-corrected chi connectivity index (χ4v) is 3.12. The number of H-pyrrole nitrogens is 1. The lowest BCUT2D eigenvalue weighted by atomic mass is 10.1. The highest BCUT2D eigenvalue weighted by Crippen LogP contribution is 2.21. The molecular formula is C21H18ClN3O3. The van der Waals surface area contributed by atoms with Gasteiger partial charge in [0, 0.05) is 34.1 Å². The maximum Gasteiger partial charge on any atom is 0.306 e. The second-order valence-electron chi connectivity index (χ2n) is 6.38. The Morgan fingerprint density at radius 2 is 1.93 bits per heavy atom. The monoisotopic (exact) mass is 395 g/mol. The minimum Gasteiger partial charge on any atom is -0.456 e. The summed E-state index contributed by atoms with van der Waals surface area (Å²) in [5.74, 6) is 0.336. The van der Waals surface area contributed by atoms with Gasteiger partial charge in [0.15, 0.2) is 6.61 Å². The molecule has 142 valence electrons. The lowest BCUT2D eigenvalue weighted by Gasteiger charge is -2.02. The Bertz CT molecular complexity index is 1090. The molecule has 0 spiro atoms. The number of benzene rings is 2. The van der Waals surface area contributed by atoms with Gasteiger partial charge in [-0.2, -0.15) is 0 Å². The molecule has 2 aromatic carbocycles. The Morgan fingerprint density at radius 1 is 1.11 bits per heavy atom. The van der Waals surface area contributed by atoms with Crippen LogP contribution in [0.1, 0.15) is 24.3 Å². The molecule has 0 aliphatic rings. The van der Waals surface area contributed by atoms with Crippen molar-refractivity contribution in [3.05, 3.63) is 71.2 Å². The number of aromatic amines is 1. The van der Waals surface area contributed by atoms with Gasteiger partial charge in [-0.25, -0.2) is 0 Å². The first-order valence-electron chi connectivity index (χ1n) is 8.98. The quantitative estimate of drug-likeness (QED) is 0.448. The molecule has 4 rings (SSSR count). The molecule has 0 fully saturated rings. The summed E-state index contributed by atoms with van der Waals surface area (Å²) in [6, 6.07) is 15.2. The van der Waals surface area contributed by atoms with Crippen LogP contribution in [0.3, 0.4) is 0 Å². The van der Waals surface area contributed by atoms with Crippen LogP contribution in [0.4, 0.5) is 0 Å². The van der Waals surface area contributed by atoms with Crippen molar-refractivity contribution in [3.63, 3.8) is 0 Å². The first-order valence-corrected chi connectivity index (χ1v) is 9.36. The smallest absolute Gasteiger partial charge is 0.306 e. The first-order chi connectivity index (χ1) is 13.7. The van der Waals surface area contributed by atoms with Crippen LogP contribution in [0, 0.1) is 0 Å². The van der Waals surface area contributed by atoms with Gasteiger partial charge in [-0.1, -0.05) is 29.8 Å². The zero-order valence-corrected chi connectivity index (χ0v) is 15.8. The zero-order valence-electron chi connectivity index (χ0n) is 15.0. The van der Waals surface area contributed by atoms with Crippen molar-refractivity contribution in [2.75, 3.05) is 0 Å². The molecule has 4 aromatic rings. The van der Waals surface area contributed by atoms with Crippen molar-refractivity contribution in [2.24, 2.45) is 0 Å². The van der Waals surface area contributed by atoms with Crippen LogP contribution in [0.25, 0.3) is 22.4 Å². The average molecular weight is 396 g/mol. The third-order valence-corrected chi connectivity index (χ3v) is 4.67. The van der Waals surface area contributed by atoms with Crippen LogP contribution >= 0.6 is 11.6 Å². The van der Waals surface area contributed by atoms with Gasteiger partial charge in [0.2, 0.25) is 5.89 Å². The normalized spacial score (nSPS) is 11.0. The number of para-hydroxylation sites is 1. The van der Waals surface area contributed by atoms with E-state index in [0.717, 1.165) is 17.5 Å². The molecule has 0 aliphatic heterocycles. The van der Waals surface area contributed by atoms with Gasteiger partial charge in [0.25, 0.3) is 5.89 Å². The highest BCUT2D eigenvalue weighted by molar-refractivity contribution is 6.30. The number of carbonyl (C=O) groups is 1. The van der Waals surface area contributed by atoms with E-state index in [1.54, 1.807) is 24.3 Å². The van der Waals surface area contributed by atoms with E-state index in [2.05, 4.69) is 21.2 Å². The Morgan fingerprint density at radius 3 is 2.79 bits per heavy atom. The van der Waals surface area contributed by atoms with Gasteiger partial charge < -0.3 is 14.1 Å².